The van der Waals surface area contributed by atoms with Crippen LogP contribution in [0.1, 0.15) is 18.2 Å². The molecule has 0 aromatic carbocycles. The Morgan fingerprint density at radius 1 is 1.36 bits per heavy atom. The third-order valence-electron chi connectivity index (χ3n) is 3.36. The number of rotatable bonds is 3. The second-order valence-electron chi connectivity index (χ2n) is 4.82. The first kappa shape index (κ1) is 15.0. The van der Waals surface area contributed by atoms with Gasteiger partial charge in [-0.15, -0.1) is 11.8 Å². The van der Waals surface area contributed by atoms with Crippen molar-refractivity contribution < 1.29 is 8.42 Å². The van der Waals surface area contributed by atoms with Gasteiger partial charge in [0.25, 0.3) is 0 Å². The lowest BCUT2D eigenvalue weighted by molar-refractivity contribution is 0.578. The zero-order valence-electron chi connectivity index (χ0n) is 11.5. The molecule has 116 valence electrons. The zero-order valence-corrected chi connectivity index (χ0v) is 13.2. The summed E-state index contributed by atoms with van der Waals surface area (Å²) in [6.07, 6.45) is 4.46. The van der Waals surface area contributed by atoms with Gasteiger partial charge in [0, 0.05) is 12.4 Å². The van der Waals surface area contributed by atoms with Crippen LogP contribution in [-0.4, -0.2) is 28.7 Å². The Balaban J connectivity index is 2.15. The van der Waals surface area contributed by atoms with Crippen molar-refractivity contribution in [2.75, 3.05) is 11.5 Å². The van der Waals surface area contributed by atoms with Gasteiger partial charge in [0.1, 0.15) is 10.7 Å². The lowest BCUT2D eigenvalue weighted by atomic mass is 10.3. The van der Waals surface area contributed by atoms with Gasteiger partial charge in [0.05, 0.1) is 5.37 Å². The van der Waals surface area contributed by atoms with Crippen LogP contribution in [-0.2, 0) is 9.84 Å². The average molecular weight is 338 g/mol. The van der Waals surface area contributed by atoms with E-state index >= 15 is 0 Å². The predicted octanol–water partition coefficient (Wildman–Crippen LogP) is 1.08. The summed E-state index contributed by atoms with van der Waals surface area (Å²) in [5.74, 6) is 0.638. The van der Waals surface area contributed by atoms with Crippen LogP contribution < -0.4 is 11.4 Å². The number of hydrogen-bond acceptors (Lipinski definition) is 7. The highest BCUT2D eigenvalue weighted by Gasteiger charge is 2.27. The van der Waals surface area contributed by atoms with E-state index in [2.05, 4.69) is 9.97 Å². The fourth-order valence-corrected chi connectivity index (χ4v) is 4.78. The molecular weight excluding hydrogens is 324 g/mol. The van der Waals surface area contributed by atoms with Crippen LogP contribution in [0.4, 0.5) is 5.82 Å². The summed E-state index contributed by atoms with van der Waals surface area (Å²) in [4.78, 5) is 19.3. The smallest absolute Gasteiger partial charge is 0.350 e. The molecule has 1 fully saturated rings. The Morgan fingerprint density at radius 2 is 2.18 bits per heavy atom. The molecule has 2 aromatic heterocycles. The molecule has 0 radical (unpaired) electrons. The second-order valence-corrected chi connectivity index (χ2v) is 7.97. The van der Waals surface area contributed by atoms with E-state index in [1.807, 2.05) is 0 Å². The molecule has 1 aliphatic heterocycles. The Morgan fingerprint density at radius 3 is 2.82 bits per heavy atom. The van der Waals surface area contributed by atoms with E-state index in [9.17, 15) is 13.2 Å². The van der Waals surface area contributed by atoms with Crippen LogP contribution in [0, 0.1) is 0 Å². The normalized spacial score (nSPS) is 18.5. The summed E-state index contributed by atoms with van der Waals surface area (Å²) in [5, 5.41) is -0.217. The predicted molar refractivity (Wildman–Crippen MR) is 83.3 cm³/mol. The second kappa shape index (κ2) is 5.73. The molecule has 0 saturated carbocycles. The molecule has 22 heavy (non-hydrogen) atoms. The van der Waals surface area contributed by atoms with Crippen molar-refractivity contribution >= 4 is 27.4 Å². The molecule has 1 saturated heterocycles. The molecule has 9 heteroatoms. The number of anilines is 1. The van der Waals surface area contributed by atoms with E-state index in [0.717, 1.165) is 18.6 Å². The van der Waals surface area contributed by atoms with Crippen LogP contribution in [0.3, 0.4) is 0 Å². The maximum Gasteiger partial charge on any atom is 0.350 e. The number of aromatic nitrogens is 3. The van der Waals surface area contributed by atoms with E-state index in [0.29, 0.717) is 0 Å². The quantitative estimate of drug-likeness (QED) is 0.892. The van der Waals surface area contributed by atoms with Crippen molar-refractivity contribution in [1.82, 2.24) is 14.5 Å². The van der Waals surface area contributed by atoms with E-state index in [4.69, 9.17) is 5.73 Å². The van der Waals surface area contributed by atoms with E-state index < -0.39 is 15.5 Å². The number of hydrogen-bond donors (Lipinski definition) is 1. The zero-order chi connectivity index (χ0) is 15.7. The first-order chi connectivity index (χ1) is 10.5. The lowest BCUT2D eigenvalue weighted by Gasteiger charge is -2.14. The van der Waals surface area contributed by atoms with Gasteiger partial charge in [-0.1, -0.05) is 6.07 Å². The van der Waals surface area contributed by atoms with Crippen molar-refractivity contribution in [1.29, 1.82) is 0 Å². The summed E-state index contributed by atoms with van der Waals surface area (Å²) in [6.45, 7) is 0. The fourth-order valence-electron chi connectivity index (χ4n) is 2.28. The van der Waals surface area contributed by atoms with E-state index in [1.165, 1.54) is 23.0 Å². The van der Waals surface area contributed by atoms with Crippen molar-refractivity contribution in [3.8, 4) is 0 Å². The minimum absolute atomic E-state index is 0.0988. The SMILES string of the molecule is Nc1nc(=O)n(C2CCCS2)cc1S(=O)(=O)c1ccccn1. The summed E-state index contributed by atoms with van der Waals surface area (Å²) in [5.41, 5.74) is 5.14. The summed E-state index contributed by atoms with van der Waals surface area (Å²) in [7, 11) is -3.91. The molecule has 1 unspecified atom stereocenters. The van der Waals surface area contributed by atoms with Crippen LogP contribution in [0.5, 0.6) is 0 Å². The molecule has 7 nitrogen and oxygen atoms in total. The standard InChI is InChI=1S/C13H14N4O3S2/c14-12-9(22(19,20)10-4-1-2-6-15-10)8-17(13(18)16-12)11-5-3-7-21-11/h1-2,4,6,8,11H,3,5,7H2,(H2,14,16,18). The largest absolute Gasteiger partial charge is 0.382 e. The maximum atomic E-state index is 12.6. The summed E-state index contributed by atoms with van der Waals surface area (Å²) in [6, 6.07) is 4.58. The maximum absolute atomic E-state index is 12.6. The highest BCUT2D eigenvalue weighted by molar-refractivity contribution is 7.99. The van der Waals surface area contributed by atoms with Crippen LogP contribution >= 0.6 is 11.8 Å². The molecule has 0 spiro atoms. The first-order valence-electron chi connectivity index (χ1n) is 6.66. The van der Waals surface area contributed by atoms with Gasteiger partial charge in [0.2, 0.25) is 9.84 Å². The summed E-state index contributed by atoms with van der Waals surface area (Å²) < 4.78 is 26.6. The van der Waals surface area contributed by atoms with Gasteiger partial charge in [-0.3, -0.25) is 4.57 Å². The molecule has 3 heterocycles. The van der Waals surface area contributed by atoms with E-state index in [-0.39, 0.29) is 21.1 Å². The molecule has 3 rings (SSSR count). The van der Waals surface area contributed by atoms with Gasteiger partial charge in [-0.2, -0.15) is 4.98 Å². The first-order valence-corrected chi connectivity index (χ1v) is 9.20. The molecule has 2 aromatic rings. The van der Waals surface area contributed by atoms with Gasteiger partial charge < -0.3 is 5.73 Å². The number of pyridine rings is 1. The molecule has 1 aliphatic rings. The molecular formula is C13H14N4O3S2. The van der Waals surface area contributed by atoms with Crippen molar-refractivity contribution in [3.05, 3.63) is 41.1 Å². The average Bonchev–Trinajstić information content (AvgIpc) is 3.02. The topological polar surface area (TPSA) is 108 Å². The Labute approximate surface area is 131 Å². The molecule has 1 atom stereocenters. The number of nitrogen functional groups attached to an aromatic ring is 1. The van der Waals surface area contributed by atoms with Crippen molar-refractivity contribution in [2.24, 2.45) is 0 Å². The van der Waals surface area contributed by atoms with E-state index in [1.54, 1.807) is 23.9 Å². The molecule has 2 N–H and O–H groups in total. The van der Waals surface area contributed by atoms with Crippen molar-refractivity contribution in [2.45, 2.75) is 28.1 Å². The van der Waals surface area contributed by atoms with Crippen LogP contribution in [0.2, 0.25) is 0 Å². The molecule has 0 aliphatic carbocycles. The third kappa shape index (κ3) is 2.61. The van der Waals surface area contributed by atoms with Crippen LogP contribution in [0.25, 0.3) is 0 Å². The van der Waals surface area contributed by atoms with Gasteiger partial charge in [-0.25, -0.2) is 18.2 Å². The Hall–Kier alpha value is -1.87. The summed E-state index contributed by atoms with van der Waals surface area (Å²) >= 11 is 1.60. The molecule has 0 amide bonds. The fraction of sp³-hybridized carbons (Fsp3) is 0.308. The lowest BCUT2D eigenvalue weighted by Crippen LogP contribution is -2.27. The van der Waals surface area contributed by atoms with Crippen LogP contribution in [0.15, 0.2) is 45.3 Å². The molecule has 0 bridgehead atoms. The number of thioether (sulfide) groups is 1. The van der Waals surface area contributed by atoms with Gasteiger partial charge in [-0.05, 0) is 30.7 Å². The van der Waals surface area contributed by atoms with Gasteiger partial charge in [0.15, 0.2) is 5.03 Å². The minimum atomic E-state index is -3.91. The number of nitrogens with zero attached hydrogens (tertiary/aromatic N) is 3. The Bertz CT molecular complexity index is 843. The van der Waals surface area contributed by atoms with Crippen molar-refractivity contribution in [3.63, 3.8) is 0 Å². The third-order valence-corrected chi connectivity index (χ3v) is 6.42. The van der Waals surface area contributed by atoms with Gasteiger partial charge >= 0.3 is 5.69 Å². The highest BCUT2D eigenvalue weighted by atomic mass is 32.2. The highest BCUT2D eigenvalue weighted by Crippen LogP contribution is 2.35. The number of sulfone groups is 1. The monoisotopic (exact) mass is 338 g/mol. The Kier molecular flexibility index (Phi) is 3.92. The number of nitrogens with two attached hydrogens (primary N) is 1. The minimum Gasteiger partial charge on any atom is -0.382 e.